The number of halogens is 2. The highest BCUT2D eigenvalue weighted by atomic mass is 32.2. The van der Waals surface area contributed by atoms with Gasteiger partial charge in [0.2, 0.25) is 0 Å². The number of carbonyl (C=O) groups excluding carboxylic acids is 3. The Labute approximate surface area is 232 Å². The average molecular weight is 593 g/mol. The fourth-order valence-electron chi connectivity index (χ4n) is 8.12. The molecule has 5 aliphatic rings. The third-order valence-corrected chi connectivity index (χ3v) is 10.7. The van der Waals surface area contributed by atoms with Crippen LogP contribution in [-0.2, 0) is 43.4 Å². The average Bonchev–Trinajstić information content (AvgIpc) is 3.38. The van der Waals surface area contributed by atoms with Crippen molar-refractivity contribution in [3.63, 3.8) is 0 Å². The number of rotatable bonds is 9. The van der Waals surface area contributed by atoms with Gasteiger partial charge in [0.05, 0.1) is 17.4 Å². The van der Waals surface area contributed by atoms with E-state index in [1.807, 2.05) is 0 Å². The second-order valence-corrected chi connectivity index (χ2v) is 14.3. The molecule has 4 bridgehead atoms. The minimum Gasteiger partial charge on any atom is -0.462 e. The van der Waals surface area contributed by atoms with E-state index in [1.165, 1.54) is 0 Å². The van der Waals surface area contributed by atoms with Crippen LogP contribution in [0.15, 0.2) is 0 Å². The van der Waals surface area contributed by atoms with Crippen LogP contribution in [0.4, 0.5) is 8.78 Å². The van der Waals surface area contributed by atoms with E-state index in [4.69, 9.17) is 23.5 Å². The summed E-state index contributed by atoms with van der Waals surface area (Å²) in [6.45, 7) is -1.53. The van der Waals surface area contributed by atoms with Gasteiger partial charge >= 0.3 is 27.3 Å². The molecule has 226 valence electrons. The van der Waals surface area contributed by atoms with Crippen LogP contribution >= 0.6 is 0 Å². The first-order valence-corrected chi connectivity index (χ1v) is 15.7. The minimum absolute atomic E-state index is 0.0154. The zero-order chi connectivity index (χ0) is 28.8. The van der Waals surface area contributed by atoms with E-state index in [1.54, 1.807) is 0 Å². The van der Waals surface area contributed by atoms with Crippen LogP contribution < -0.4 is 0 Å². The molecule has 0 amide bonds. The third-order valence-electron chi connectivity index (χ3n) is 9.84. The summed E-state index contributed by atoms with van der Waals surface area (Å²) in [7, 11) is -5.71. The Morgan fingerprint density at radius 1 is 0.975 bits per heavy atom. The lowest BCUT2D eigenvalue weighted by atomic mass is 9.58. The Morgan fingerprint density at radius 2 is 1.60 bits per heavy atom. The number of fused-ring (bicyclic) bond motifs is 4. The quantitative estimate of drug-likeness (QED) is 0.239. The van der Waals surface area contributed by atoms with Crippen molar-refractivity contribution in [2.24, 2.45) is 34.5 Å². The van der Waals surface area contributed by atoms with Gasteiger partial charge < -0.3 is 23.7 Å². The summed E-state index contributed by atoms with van der Waals surface area (Å²) < 4.78 is 80.4. The SMILES string of the molecule is O=CC1CC2CCCC(C(=O)OCC3COC(C4CC5CCCC(C(=O)OCC(F)(F)S(=O)(=O)O)(C5)C4)O3)(C1)C2. The molecule has 4 saturated carbocycles. The maximum absolute atomic E-state index is 13.7. The Balaban J connectivity index is 1.16. The summed E-state index contributed by atoms with van der Waals surface area (Å²) in [5.74, 6) is -1.04. The van der Waals surface area contributed by atoms with E-state index in [0.29, 0.717) is 38.0 Å². The molecule has 0 radical (unpaired) electrons. The monoisotopic (exact) mass is 592 g/mol. The van der Waals surface area contributed by atoms with Crippen molar-refractivity contribution in [2.45, 2.75) is 94.7 Å². The number of hydrogen-bond donors (Lipinski definition) is 1. The molecule has 5 fully saturated rings. The van der Waals surface area contributed by atoms with E-state index in [9.17, 15) is 31.6 Å². The molecule has 1 saturated heterocycles. The lowest BCUT2D eigenvalue weighted by Gasteiger charge is -2.47. The second-order valence-electron chi connectivity index (χ2n) is 12.8. The van der Waals surface area contributed by atoms with Crippen LogP contribution in [0, 0.1) is 34.5 Å². The van der Waals surface area contributed by atoms with Gasteiger partial charge in [0, 0.05) is 11.8 Å². The number of carbonyl (C=O) groups is 3. The maximum atomic E-state index is 13.7. The molecule has 5 rings (SSSR count). The third kappa shape index (κ3) is 5.94. The molecule has 1 aliphatic heterocycles. The predicted molar refractivity (Wildman–Crippen MR) is 133 cm³/mol. The molecule has 0 aromatic carbocycles. The molecular formula is C27H38F2O10S. The molecule has 0 aromatic rings. The van der Waals surface area contributed by atoms with Gasteiger partial charge in [0.15, 0.2) is 12.9 Å². The van der Waals surface area contributed by atoms with Gasteiger partial charge in [-0.15, -0.1) is 0 Å². The summed E-state index contributed by atoms with van der Waals surface area (Å²) >= 11 is 0. The summed E-state index contributed by atoms with van der Waals surface area (Å²) in [6, 6.07) is 0. The van der Waals surface area contributed by atoms with Gasteiger partial charge in [-0.05, 0) is 63.2 Å². The lowest BCUT2D eigenvalue weighted by molar-refractivity contribution is -0.180. The molecule has 8 atom stereocenters. The smallest absolute Gasteiger partial charge is 0.402 e. The number of hydrogen-bond acceptors (Lipinski definition) is 9. The number of ether oxygens (including phenoxy) is 4. The fourth-order valence-corrected chi connectivity index (χ4v) is 8.33. The molecule has 4 aliphatic carbocycles. The van der Waals surface area contributed by atoms with E-state index in [-0.39, 0.29) is 43.4 Å². The maximum Gasteiger partial charge on any atom is 0.402 e. The Hall–Kier alpha value is -1.70. The Bertz CT molecular complexity index is 1100. The van der Waals surface area contributed by atoms with E-state index < -0.39 is 51.2 Å². The highest BCUT2D eigenvalue weighted by Gasteiger charge is 2.54. The Morgan fingerprint density at radius 3 is 2.25 bits per heavy atom. The molecule has 0 spiro atoms. The molecule has 0 aromatic heterocycles. The van der Waals surface area contributed by atoms with E-state index >= 15 is 0 Å². The van der Waals surface area contributed by atoms with Gasteiger partial charge in [0.1, 0.15) is 19.0 Å². The van der Waals surface area contributed by atoms with Gasteiger partial charge in [-0.2, -0.15) is 17.2 Å². The first-order chi connectivity index (χ1) is 18.8. The van der Waals surface area contributed by atoms with Crippen LogP contribution in [0.1, 0.15) is 77.0 Å². The molecule has 8 unspecified atom stereocenters. The highest BCUT2D eigenvalue weighted by Crippen LogP contribution is 2.54. The van der Waals surface area contributed by atoms with Crippen molar-refractivity contribution in [1.29, 1.82) is 0 Å². The van der Waals surface area contributed by atoms with Crippen molar-refractivity contribution in [3.8, 4) is 0 Å². The first kappa shape index (κ1) is 29.8. The summed E-state index contributed by atoms with van der Waals surface area (Å²) in [4.78, 5) is 37.7. The van der Waals surface area contributed by atoms with Gasteiger partial charge in [-0.25, -0.2) is 0 Å². The highest BCUT2D eigenvalue weighted by molar-refractivity contribution is 7.86. The zero-order valence-corrected chi connectivity index (χ0v) is 23.3. The van der Waals surface area contributed by atoms with Crippen LogP contribution in [0.25, 0.3) is 0 Å². The largest absolute Gasteiger partial charge is 0.462 e. The van der Waals surface area contributed by atoms with Crippen LogP contribution in [-0.4, -0.2) is 68.7 Å². The summed E-state index contributed by atoms with van der Waals surface area (Å²) in [6.07, 6.45) is 7.99. The Kier molecular flexibility index (Phi) is 8.32. The van der Waals surface area contributed by atoms with Crippen molar-refractivity contribution in [2.75, 3.05) is 19.8 Å². The lowest BCUT2D eigenvalue weighted by Crippen LogP contribution is -2.47. The molecule has 40 heavy (non-hydrogen) atoms. The fraction of sp³-hybridized carbons (Fsp3) is 0.889. The number of aldehydes is 1. The predicted octanol–water partition coefficient (Wildman–Crippen LogP) is 3.67. The van der Waals surface area contributed by atoms with Gasteiger partial charge in [-0.1, -0.05) is 25.7 Å². The summed E-state index contributed by atoms with van der Waals surface area (Å²) in [5, 5.41) is -4.59. The van der Waals surface area contributed by atoms with Gasteiger partial charge in [0.25, 0.3) is 0 Å². The molecule has 10 nitrogen and oxygen atoms in total. The number of esters is 2. The minimum atomic E-state index is -5.71. The van der Waals surface area contributed by atoms with Crippen LogP contribution in [0.3, 0.4) is 0 Å². The van der Waals surface area contributed by atoms with Crippen LogP contribution in [0.2, 0.25) is 0 Å². The standard InChI is InChI=1S/C27H38F2O10S/c28-27(29,40(33,34)35)16-38-24(32)26-6-2-4-18(10-26)8-20(12-26)22-36-14-21(39-22)15-37-23(31)25-5-1-3-17(9-25)7-19(11-25)13-30/h13,17-22H,1-12,14-16H2,(H,33,34,35). The van der Waals surface area contributed by atoms with E-state index in [0.717, 1.165) is 44.8 Å². The van der Waals surface area contributed by atoms with Crippen molar-refractivity contribution >= 4 is 28.3 Å². The summed E-state index contributed by atoms with van der Waals surface area (Å²) in [5.41, 5.74) is -1.68. The van der Waals surface area contributed by atoms with Crippen LogP contribution in [0.5, 0.6) is 0 Å². The molecule has 13 heteroatoms. The normalized spacial score (nSPS) is 39.8. The van der Waals surface area contributed by atoms with Crippen molar-refractivity contribution in [3.05, 3.63) is 0 Å². The van der Waals surface area contributed by atoms with Crippen molar-refractivity contribution < 1.29 is 55.1 Å². The van der Waals surface area contributed by atoms with Crippen molar-refractivity contribution in [1.82, 2.24) is 0 Å². The first-order valence-electron chi connectivity index (χ1n) is 14.3. The molecule has 1 N–H and O–H groups in total. The number of alkyl halides is 2. The van der Waals surface area contributed by atoms with E-state index in [2.05, 4.69) is 0 Å². The van der Waals surface area contributed by atoms with Gasteiger partial charge in [-0.3, -0.25) is 14.1 Å². The molecular weight excluding hydrogens is 554 g/mol. The second kappa shape index (κ2) is 11.2. The zero-order valence-electron chi connectivity index (χ0n) is 22.4. The molecule has 1 heterocycles. The topological polar surface area (TPSA) is 142 Å².